The molecule has 1 fully saturated rings. The number of fused-ring (bicyclic) bond motifs is 2. The summed E-state index contributed by atoms with van der Waals surface area (Å²) >= 11 is 0. The summed E-state index contributed by atoms with van der Waals surface area (Å²) in [6.45, 7) is 8.39. The number of benzene rings is 6. The molecule has 0 aliphatic carbocycles. The first kappa shape index (κ1) is 20.9. The molecule has 170 valence electrons. The zero-order valence-corrected chi connectivity index (χ0v) is 20.6. The standard InChI is InChI=1S/C32H27BO2/c1-31(2)32(3,4)35-33(34-31)22-12-5-11-21(19-22)23-17-18-28-26-14-7-10-20-9-6-13-25(29(20)26)27-16-8-15-24(23)30(27)28/h5-19H,1-4H3. The smallest absolute Gasteiger partial charge is 0.399 e. The van der Waals surface area contributed by atoms with E-state index in [1.807, 2.05) is 0 Å². The molecule has 7 rings (SSSR count). The molecule has 0 atom stereocenters. The molecule has 6 aromatic carbocycles. The quantitative estimate of drug-likeness (QED) is 0.152. The minimum atomic E-state index is -0.371. The maximum Gasteiger partial charge on any atom is 0.494 e. The molecule has 35 heavy (non-hydrogen) atoms. The van der Waals surface area contributed by atoms with Gasteiger partial charge in [-0.15, -0.1) is 0 Å². The second kappa shape index (κ2) is 7.07. The molecular weight excluding hydrogens is 427 g/mol. The highest BCUT2D eigenvalue weighted by atomic mass is 16.7. The fourth-order valence-electron chi connectivity index (χ4n) is 5.73. The van der Waals surface area contributed by atoms with Gasteiger partial charge in [-0.1, -0.05) is 91.0 Å². The van der Waals surface area contributed by atoms with E-state index in [2.05, 4.69) is 119 Å². The van der Waals surface area contributed by atoms with Gasteiger partial charge in [-0.2, -0.15) is 0 Å². The van der Waals surface area contributed by atoms with Gasteiger partial charge >= 0.3 is 7.12 Å². The van der Waals surface area contributed by atoms with Crippen LogP contribution in [0, 0.1) is 0 Å². The highest BCUT2D eigenvalue weighted by Gasteiger charge is 2.51. The maximum atomic E-state index is 6.34. The average Bonchev–Trinajstić information content (AvgIpc) is 3.09. The first-order valence-corrected chi connectivity index (χ1v) is 12.4. The lowest BCUT2D eigenvalue weighted by Crippen LogP contribution is -2.41. The van der Waals surface area contributed by atoms with E-state index in [1.165, 1.54) is 54.2 Å². The molecule has 0 unspecified atom stereocenters. The minimum absolute atomic E-state index is 0.359. The first-order chi connectivity index (χ1) is 16.8. The topological polar surface area (TPSA) is 18.5 Å². The Balaban J connectivity index is 1.46. The van der Waals surface area contributed by atoms with Gasteiger partial charge < -0.3 is 9.31 Å². The second-order valence-corrected chi connectivity index (χ2v) is 10.8. The summed E-state index contributed by atoms with van der Waals surface area (Å²) in [4.78, 5) is 0. The van der Waals surface area contributed by atoms with Crippen LogP contribution in [0.5, 0.6) is 0 Å². The molecule has 0 spiro atoms. The van der Waals surface area contributed by atoms with Crippen molar-refractivity contribution in [3.05, 3.63) is 91.0 Å². The van der Waals surface area contributed by atoms with Crippen LogP contribution in [-0.2, 0) is 9.31 Å². The molecular formula is C32H27BO2. The summed E-state index contributed by atoms with van der Waals surface area (Å²) in [5, 5.41) is 10.5. The lowest BCUT2D eigenvalue weighted by Gasteiger charge is -2.32. The Morgan fingerprint density at radius 2 is 1.09 bits per heavy atom. The van der Waals surface area contributed by atoms with Crippen LogP contribution in [0.25, 0.3) is 54.2 Å². The van der Waals surface area contributed by atoms with Gasteiger partial charge in [0.2, 0.25) is 0 Å². The fraction of sp³-hybridized carbons (Fsp3) is 0.188. The first-order valence-electron chi connectivity index (χ1n) is 12.4. The Labute approximate surface area is 205 Å². The van der Waals surface area contributed by atoms with Crippen LogP contribution in [0.3, 0.4) is 0 Å². The molecule has 0 amide bonds. The summed E-state index contributed by atoms with van der Waals surface area (Å²) in [7, 11) is -0.371. The highest BCUT2D eigenvalue weighted by Crippen LogP contribution is 2.43. The van der Waals surface area contributed by atoms with Gasteiger partial charge in [-0.05, 0) is 87.4 Å². The van der Waals surface area contributed by atoms with E-state index in [1.54, 1.807) is 0 Å². The summed E-state index contributed by atoms with van der Waals surface area (Å²) in [6.07, 6.45) is 0. The van der Waals surface area contributed by atoms with E-state index in [0.29, 0.717) is 0 Å². The van der Waals surface area contributed by atoms with Crippen LogP contribution in [0.2, 0.25) is 0 Å². The van der Waals surface area contributed by atoms with Crippen LogP contribution >= 0.6 is 0 Å². The Hall–Kier alpha value is -3.40. The predicted molar refractivity (Wildman–Crippen MR) is 149 cm³/mol. The van der Waals surface area contributed by atoms with Crippen molar-refractivity contribution in [2.75, 3.05) is 0 Å². The zero-order valence-electron chi connectivity index (χ0n) is 20.6. The zero-order chi connectivity index (χ0) is 23.9. The van der Waals surface area contributed by atoms with Crippen LogP contribution < -0.4 is 5.46 Å². The molecule has 1 aliphatic rings. The fourth-order valence-corrected chi connectivity index (χ4v) is 5.73. The Bertz CT molecular complexity index is 1700. The Morgan fingerprint density at radius 1 is 0.543 bits per heavy atom. The summed E-state index contributed by atoms with van der Waals surface area (Å²) in [5.74, 6) is 0. The van der Waals surface area contributed by atoms with Crippen LogP contribution in [0.4, 0.5) is 0 Å². The van der Waals surface area contributed by atoms with Crippen molar-refractivity contribution in [1.82, 2.24) is 0 Å². The van der Waals surface area contributed by atoms with Crippen molar-refractivity contribution in [1.29, 1.82) is 0 Å². The van der Waals surface area contributed by atoms with Crippen molar-refractivity contribution in [2.24, 2.45) is 0 Å². The lowest BCUT2D eigenvalue weighted by atomic mass is 9.77. The van der Waals surface area contributed by atoms with Gasteiger partial charge in [-0.25, -0.2) is 0 Å². The summed E-state index contributed by atoms with van der Waals surface area (Å²) in [5.41, 5.74) is 2.75. The van der Waals surface area contributed by atoms with Gasteiger partial charge in [0.05, 0.1) is 11.2 Å². The van der Waals surface area contributed by atoms with Gasteiger partial charge in [0.15, 0.2) is 0 Å². The average molecular weight is 454 g/mol. The van der Waals surface area contributed by atoms with Crippen molar-refractivity contribution < 1.29 is 9.31 Å². The second-order valence-electron chi connectivity index (χ2n) is 10.8. The minimum Gasteiger partial charge on any atom is -0.399 e. The molecule has 1 aliphatic heterocycles. The SMILES string of the molecule is CC1(C)OB(c2cccc(-c3ccc4c5cccc6cccc(c7cccc3c74)c65)c2)OC1(C)C. The van der Waals surface area contributed by atoms with Crippen molar-refractivity contribution in [2.45, 2.75) is 38.9 Å². The van der Waals surface area contributed by atoms with Gasteiger partial charge in [-0.3, -0.25) is 0 Å². The van der Waals surface area contributed by atoms with E-state index >= 15 is 0 Å². The van der Waals surface area contributed by atoms with E-state index in [0.717, 1.165) is 5.46 Å². The third-order valence-corrected chi connectivity index (χ3v) is 8.25. The summed E-state index contributed by atoms with van der Waals surface area (Å²) in [6, 6.07) is 33.2. The molecule has 1 heterocycles. The molecule has 0 aromatic heterocycles. The molecule has 2 nitrogen and oxygen atoms in total. The van der Waals surface area contributed by atoms with Crippen molar-refractivity contribution in [3.8, 4) is 11.1 Å². The maximum absolute atomic E-state index is 6.34. The molecule has 0 saturated carbocycles. The van der Waals surface area contributed by atoms with Crippen LogP contribution in [0.15, 0.2) is 91.0 Å². The Morgan fingerprint density at radius 3 is 1.77 bits per heavy atom. The van der Waals surface area contributed by atoms with Gasteiger partial charge in [0, 0.05) is 0 Å². The van der Waals surface area contributed by atoms with Crippen LogP contribution in [-0.4, -0.2) is 18.3 Å². The largest absolute Gasteiger partial charge is 0.494 e. The van der Waals surface area contributed by atoms with Crippen molar-refractivity contribution in [3.63, 3.8) is 0 Å². The molecule has 0 bridgehead atoms. The van der Waals surface area contributed by atoms with Crippen molar-refractivity contribution >= 4 is 55.7 Å². The Kier molecular flexibility index (Phi) is 4.23. The summed E-state index contributed by atoms with van der Waals surface area (Å²) < 4.78 is 12.7. The number of hydrogen-bond donors (Lipinski definition) is 0. The normalized spacial score (nSPS) is 17.3. The number of hydrogen-bond acceptors (Lipinski definition) is 2. The number of rotatable bonds is 2. The third kappa shape index (κ3) is 2.92. The molecule has 3 heteroatoms. The predicted octanol–water partition coefficient (Wildman–Crippen LogP) is 7.70. The van der Waals surface area contributed by atoms with E-state index in [9.17, 15) is 0 Å². The van der Waals surface area contributed by atoms with Gasteiger partial charge in [0.1, 0.15) is 0 Å². The van der Waals surface area contributed by atoms with E-state index < -0.39 is 0 Å². The molecule has 0 N–H and O–H groups in total. The molecule has 1 saturated heterocycles. The highest BCUT2D eigenvalue weighted by molar-refractivity contribution is 6.62. The monoisotopic (exact) mass is 454 g/mol. The van der Waals surface area contributed by atoms with Crippen LogP contribution in [0.1, 0.15) is 27.7 Å². The van der Waals surface area contributed by atoms with E-state index in [4.69, 9.17) is 9.31 Å². The van der Waals surface area contributed by atoms with Gasteiger partial charge in [0.25, 0.3) is 0 Å². The lowest BCUT2D eigenvalue weighted by molar-refractivity contribution is 0.00578. The molecule has 0 radical (unpaired) electrons. The third-order valence-electron chi connectivity index (χ3n) is 8.25. The molecule has 6 aromatic rings. The van der Waals surface area contributed by atoms with E-state index in [-0.39, 0.29) is 18.3 Å².